The Hall–Kier alpha value is -2.53. The molecular formula is C21H22N2O2S. The molecule has 3 aromatic rings. The summed E-state index contributed by atoms with van der Waals surface area (Å²) in [6.45, 7) is 5.63. The van der Waals surface area contributed by atoms with E-state index in [-0.39, 0.29) is 17.2 Å². The minimum Gasteiger partial charge on any atom is -0.437 e. The minimum absolute atomic E-state index is 0.0544. The number of carbonyl (C=O) groups excluding carboxylic acids is 1. The highest BCUT2D eigenvalue weighted by molar-refractivity contribution is 8.00. The zero-order valence-corrected chi connectivity index (χ0v) is 15.9. The van der Waals surface area contributed by atoms with E-state index in [1.807, 2.05) is 81.4 Å². The average Bonchev–Trinajstić information content (AvgIpc) is 2.98. The molecule has 1 unspecified atom stereocenters. The number of amides is 1. The van der Waals surface area contributed by atoms with Gasteiger partial charge in [0.25, 0.3) is 5.22 Å². The molecule has 134 valence electrons. The molecule has 1 heterocycles. The first-order valence-corrected chi connectivity index (χ1v) is 9.43. The number of aromatic nitrogens is 1. The maximum absolute atomic E-state index is 12.8. The average molecular weight is 366 g/mol. The highest BCUT2D eigenvalue weighted by atomic mass is 32.2. The number of nitrogens with one attached hydrogen (secondary N) is 1. The number of oxazole rings is 1. The molecule has 0 bridgehead atoms. The van der Waals surface area contributed by atoms with Crippen molar-refractivity contribution in [2.75, 3.05) is 0 Å². The molecule has 4 nitrogen and oxygen atoms in total. The molecule has 0 fully saturated rings. The summed E-state index contributed by atoms with van der Waals surface area (Å²) in [6.07, 6.45) is 0. The van der Waals surface area contributed by atoms with E-state index in [2.05, 4.69) is 10.3 Å². The first-order valence-electron chi connectivity index (χ1n) is 8.55. The van der Waals surface area contributed by atoms with Crippen molar-refractivity contribution in [2.45, 2.75) is 37.3 Å². The van der Waals surface area contributed by atoms with Crippen molar-refractivity contribution >= 4 is 17.7 Å². The Labute approximate surface area is 158 Å². The quantitative estimate of drug-likeness (QED) is 0.644. The van der Waals surface area contributed by atoms with Crippen LogP contribution in [0.15, 0.2) is 70.3 Å². The van der Waals surface area contributed by atoms with Crippen molar-refractivity contribution in [2.24, 2.45) is 0 Å². The fourth-order valence-electron chi connectivity index (χ4n) is 2.61. The summed E-state index contributed by atoms with van der Waals surface area (Å²) >= 11 is 1.33. The number of hydrogen-bond acceptors (Lipinski definition) is 4. The maximum atomic E-state index is 12.8. The summed E-state index contributed by atoms with van der Waals surface area (Å²) < 4.78 is 5.58. The van der Waals surface area contributed by atoms with Gasteiger partial charge in [-0.3, -0.25) is 4.79 Å². The number of aryl methyl sites for hydroxylation is 2. The van der Waals surface area contributed by atoms with Gasteiger partial charge >= 0.3 is 0 Å². The lowest BCUT2D eigenvalue weighted by Crippen LogP contribution is -2.34. The highest BCUT2D eigenvalue weighted by Crippen LogP contribution is 2.27. The Morgan fingerprint density at radius 3 is 2.00 bits per heavy atom. The smallest absolute Gasteiger partial charge is 0.256 e. The van der Waals surface area contributed by atoms with Crippen LogP contribution in [0.1, 0.15) is 35.5 Å². The lowest BCUT2D eigenvalue weighted by molar-refractivity contribution is -0.120. The van der Waals surface area contributed by atoms with Crippen molar-refractivity contribution in [3.05, 3.63) is 83.2 Å². The van der Waals surface area contributed by atoms with Crippen molar-refractivity contribution in [3.63, 3.8) is 0 Å². The Kier molecular flexibility index (Phi) is 5.78. The number of rotatable bonds is 6. The molecule has 1 atom stereocenters. The first-order chi connectivity index (χ1) is 12.5. The molecule has 26 heavy (non-hydrogen) atoms. The molecule has 1 amide bonds. The van der Waals surface area contributed by atoms with Gasteiger partial charge < -0.3 is 9.73 Å². The van der Waals surface area contributed by atoms with E-state index >= 15 is 0 Å². The molecule has 5 heteroatoms. The largest absolute Gasteiger partial charge is 0.437 e. The molecule has 0 aliphatic rings. The van der Waals surface area contributed by atoms with Crippen LogP contribution in [0.5, 0.6) is 0 Å². The Bertz CT molecular complexity index is 803. The Morgan fingerprint density at radius 1 is 1.00 bits per heavy atom. The van der Waals surface area contributed by atoms with Gasteiger partial charge in [0.05, 0.1) is 17.0 Å². The fraction of sp³-hybridized carbons (Fsp3) is 0.238. The van der Waals surface area contributed by atoms with Gasteiger partial charge in [-0.1, -0.05) is 72.4 Å². The van der Waals surface area contributed by atoms with E-state index in [1.54, 1.807) is 0 Å². The third kappa shape index (κ3) is 4.35. The van der Waals surface area contributed by atoms with Crippen LogP contribution in [0.3, 0.4) is 0 Å². The summed E-state index contributed by atoms with van der Waals surface area (Å²) in [7, 11) is 0. The van der Waals surface area contributed by atoms with Crippen molar-refractivity contribution in [1.82, 2.24) is 10.3 Å². The predicted molar refractivity (Wildman–Crippen MR) is 104 cm³/mol. The lowest BCUT2D eigenvalue weighted by Gasteiger charge is -2.21. The van der Waals surface area contributed by atoms with E-state index in [0.717, 1.165) is 22.6 Å². The van der Waals surface area contributed by atoms with Crippen LogP contribution < -0.4 is 5.32 Å². The van der Waals surface area contributed by atoms with Gasteiger partial charge in [0.2, 0.25) is 5.91 Å². The normalized spacial score (nSPS) is 12.2. The molecule has 3 rings (SSSR count). The second-order valence-electron chi connectivity index (χ2n) is 6.14. The second-order valence-corrected chi connectivity index (χ2v) is 7.44. The fourth-order valence-corrected chi connectivity index (χ4v) is 3.45. The molecule has 0 saturated heterocycles. The lowest BCUT2D eigenvalue weighted by atomic mass is 9.98. The molecule has 0 radical (unpaired) electrons. The van der Waals surface area contributed by atoms with Gasteiger partial charge in [-0.25, -0.2) is 4.98 Å². The van der Waals surface area contributed by atoms with Gasteiger partial charge in [-0.15, -0.1) is 0 Å². The summed E-state index contributed by atoms with van der Waals surface area (Å²) in [4.78, 5) is 17.1. The van der Waals surface area contributed by atoms with Gasteiger partial charge in [-0.2, -0.15) is 0 Å². The summed E-state index contributed by atoms with van der Waals surface area (Å²) in [5, 5.41) is 3.37. The van der Waals surface area contributed by atoms with E-state index in [1.165, 1.54) is 11.8 Å². The zero-order chi connectivity index (χ0) is 18.5. The van der Waals surface area contributed by atoms with Crippen molar-refractivity contribution in [1.29, 1.82) is 0 Å². The van der Waals surface area contributed by atoms with E-state index < -0.39 is 0 Å². The predicted octanol–water partition coefficient (Wildman–Crippen LogP) is 4.68. The monoisotopic (exact) mass is 366 g/mol. The number of benzene rings is 2. The van der Waals surface area contributed by atoms with Crippen LogP contribution in [0.2, 0.25) is 0 Å². The maximum Gasteiger partial charge on any atom is 0.256 e. The topological polar surface area (TPSA) is 55.1 Å². The van der Waals surface area contributed by atoms with Gasteiger partial charge in [0.15, 0.2) is 0 Å². The summed E-state index contributed by atoms with van der Waals surface area (Å²) in [6, 6.07) is 19.8. The Balaban J connectivity index is 1.76. The van der Waals surface area contributed by atoms with E-state index in [9.17, 15) is 4.79 Å². The summed E-state index contributed by atoms with van der Waals surface area (Å²) in [5.41, 5.74) is 2.95. The van der Waals surface area contributed by atoms with E-state index in [0.29, 0.717) is 5.22 Å². The molecule has 1 aromatic heterocycles. The summed E-state index contributed by atoms with van der Waals surface area (Å²) in [5.74, 6) is 0.729. The van der Waals surface area contributed by atoms with Crippen LogP contribution in [-0.2, 0) is 4.79 Å². The van der Waals surface area contributed by atoms with Gasteiger partial charge in [0.1, 0.15) is 5.76 Å². The molecular weight excluding hydrogens is 344 g/mol. The SMILES string of the molecule is Cc1nc(SC(C)C(=O)NC(c2ccccc2)c2ccccc2)oc1C. The van der Waals surface area contributed by atoms with Gasteiger partial charge in [-0.05, 0) is 31.9 Å². The second kappa shape index (κ2) is 8.23. The van der Waals surface area contributed by atoms with Crippen molar-refractivity contribution < 1.29 is 9.21 Å². The molecule has 1 N–H and O–H groups in total. The molecule has 0 saturated carbocycles. The highest BCUT2D eigenvalue weighted by Gasteiger charge is 2.23. The van der Waals surface area contributed by atoms with Crippen LogP contribution in [0.4, 0.5) is 0 Å². The molecule has 2 aromatic carbocycles. The van der Waals surface area contributed by atoms with Crippen molar-refractivity contribution in [3.8, 4) is 0 Å². The number of carbonyl (C=O) groups is 1. The zero-order valence-electron chi connectivity index (χ0n) is 15.1. The standard InChI is InChI=1S/C21H22N2O2S/c1-14-15(2)25-21(22-14)26-16(3)20(24)23-19(17-10-6-4-7-11-17)18-12-8-5-9-13-18/h4-13,16,19H,1-3H3,(H,23,24). The van der Waals surface area contributed by atoms with Gasteiger partial charge in [0, 0.05) is 0 Å². The number of thioether (sulfide) groups is 1. The Morgan fingerprint density at radius 2 is 1.54 bits per heavy atom. The molecule has 0 spiro atoms. The first kappa shape index (κ1) is 18.3. The molecule has 0 aliphatic heterocycles. The van der Waals surface area contributed by atoms with Crippen LogP contribution >= 0.6 is 11.8 Å². The number of hydrogen-bond donors (Lipinski definition) is 1. The van der Waals surface area contributed by atoms with E-state index in [4.69, 9.17) is 4.42 Å². The van der Waals surface area contributed by atoms with Crippen LogP contribution in [0.25, 0.3) is 0 Å². The van der Waals surface area contributed by atoms with Crippen LogP contribution in [0, 0.1) is 13.8 Å². The third-order valence-corrected chi connectivity index (χ3v) is 5.15. The molecule has 0 aliphatic carbocycles. The minimum atomic E-state index is -0.317. The van der Waals surface area contributed by atoms with Crippen LogP contribution in [-0.4, -0.2) is 16.1 Å². The number of nitrogens with zero attached hydrogens (tertiary/aromatic N) is 1. The third-order valence-electron chi connectivity index (χ3n) is 4.21.